The maximum Gasteiger partial charge on any atom is 0.245 e. The van der Waals surface area contributed by atoms with Crippen molar-refractivity contribution in [3.63, 3.8) is 0 Å². The van der Waals surface area contributed by atoms with Crippen LogP contribution in [-0.2, 0) is 0 Å². The summed E-state index contributed by atoms with van der Waals surface area (Å²) in [5, 5.41) is 24.3. The van der Waals surface area contributed by atoms with E-state index in [0.29, 0.717) is 11.3 Å². The summed E-state index contributed by atoms with van der Waals surface area (Å²) in [7, 11) is 0. The summed E-state index contributed by atoms with van der Waals surface area (Å²) >= 11 is 0. The second-order valence-electron chi connectivity index (χ2n) is 5.46. The number of anilines is 2. The topological polar surface area (TPSA) is 135 Å². The van der Waals surface area contributed by atoms with Gasteiger partial charge in [-0.05, 0) is 46.7 Å². The second-order valence-corrected chi connectivity index (χ2v) is 5.46. The Balaban J connectivity index is 1.87. The van der Waals surface area contributed by atoms with Crippen molar-refractivity contribution in [2.75, 3.05) is 5.32 Å². The number of phenolic OH excluding ortho intramolecular Hbond substituents is 1. The van der Waals surface area contributed by atoms with E-state index in [1.54, 1.807) is 18.2 Å². The molecule has 4 rings (SSSR count). The lowest BCUT2D eigenvalue weighted by atomic mass is 10.1. The molecule has 0 saturated heterocycles. The van der Waals surface area contributed by atoms with E-state index in [1.807, 2.05) is 0 Å². The van der Waals surface area contributed by atoms with E-state index >= 15 is 0 Å². The molecule has 0 spiro atoms. The van der Waals surface area contributed by atoms with Crippen molar-refractivity contribution in [1.29, 1.82) is 0 Å². The summed E-state index contributed by atoms with van der Waals surface area (Å²) in [6.07, 6.45) is 0. The average Bonchev–Trinajstić information content (AvgIpc) is 3.13. The third-order valence-electron chi connectivity index (χ3n) is 3.73. The third kappa shape index (κ3) is 3.11. The highest BCUT2D eigenvalue weighted by atomic mass is 19.1. The number of nitrogens with one attached hydrogen (secondary N) is 1. The lowest BCUT2D eigenvalue weighted by Gasteiger charge is -2.12. The van der Waals surface area contributed by atoms with Crippen molar-refractivity contribution in [1.82, 2.24) is 20.3 Å². The summed E-state index contributed by atoms with van der Waals surface area (Å²) in [4.78, 5) is 8.67. The molecule has 0 amide bonds. The minimum Gasteiger partial charge on any atom is -0.507 e. The zero-order chi connectivity index (χ0) is 18.8. The van der Waals surface area contributed by atoms with Gasteiger partial charge in [0.15, 0.2) is 5.82 Å². The molecule has 2 aromatic heterocycles. The zero-order valence-electron chi connectivity index (χ0n) is 13.7. The van der Waals surface area contributed by atoms with Crippen LogP contribution >= 0.6 is 0 Å². The Morgan fingerprint density at radius 2 is 1.74 bits per heavy atom. The molecule has 0 aliphatic rings. The van der Waals surface area contributed by atoms with E-state index < -0.39 is 0 Å². The van der Waals surface area contributed by atoms with Crippen LogP contribution in [0.4, 0.5) is 15.9 Å². The number of phenols is 1. The highest BCUT2D eigenvalue weighted by molar-refractivity contribution is 6.16. The number of hydrogen-bond donors (Lipinski definition) is 3. The lowest BCUT2D eigenvalue weighted by molar-refractivity contribution is 0.314. The number of hydrazone groups is 1. The van der Waals surface area contributed by atoms with Gasteiger partial charge in [-0.3, -0.25) is 0 Å². The SMILES string of the molecule is NN=C(c1ccccc1O)c1nc2nonc2nc1Nc1ccc(F)cc1. The fraction of sp³-hybridized carbons (Fsp3) is 0. The van der Waals surface area contributed by atoms with Gasteiger partial charge in [0.25, 0.3) is 0 Å². The van der Waals surface area contributed by atoms with Gasteiger partial charge in [0, 0.05) is 11.3 Å². The Morgan fingerprint density at radius 1 is 1.04 bits per heavy atom. The first kappa shape index (κ1) is 16.4. The minimum absolute atomic E-state index is 0.0328. The largest absolute Gasteiger partial charge is 0.507 e. The molecule has 134 valence electrons. The van der Waals surface area contributed by atoms with Crippen molar-refractivity contribution in [2.45, 2.75) is 0 Å². The van der Waals surface area contributed by atoms with Gasteiger partial charge in [-0.2, -0.15) is 5.10 Å². The van der Waals surface area contributed by atoms with Crippen LogP contribution < -0.4 is 11.2 Å². The molecule has 9 nitrogen and oxygen atoms in total. The number of para-hydroxylation sites is 1. The van der Waals surface area contributed by atoms with Crippen molar-refractivity contribution in [3.05, 3.63) is 65.6 Å². The number of nitrogens with zero attached hydrogens (tertiary/aromatic N) is 5. The number of fused-ring (bicyclic) bond motifs is 1. The molecule has 2 aromatic carbocycles. The van der Waals surface area contributed by atoms with Crippen LogP contribution in [0, 0.1) is 5.82 Å². The minimum atomic E-state index is -0.374. The van der Waals surface area contributed by atoms with E-state index in [0.717, 1.165) is 0 Å². The zero-order valence-corrected chi connectivity index (χ0v) is 13.7. The average molecular weight is 365 g/mol. The Bertz CT molecular complexity index is 1140. The van der Waals surface area contributed by atoms with Gasteiger partial charge in [0.1, 0.15) is 23.0 Å². The first-order valence-electron chi connectivity index (χ1n) is 7.75. The van der Waals surface area contributed by atoms with Crippen LogP contribution in [0.3, 0.4) is 0 Å². The molecule has 0 fully saturated rings. The van der Waals surface area contributed by atoms with E-state index in [1.165, 1.54) is 30.3 Å². The van der Waals surface area contributed by atoms with Crippen LogP contribution in [0.25, 0.3) is 11.3 Å². The van der Waals surface area contributed by atoms with E-state index in [4.69, 9.17) is 5.84 Å². The Hall–Kier alpha value is -4.08. The van der Waals surface area contributed by atoms with Gasteiger partial charge in [0.2, 0.25) is 11.3 Å². The first-order valence-corrected chi connectivity index (χ1v) is 7.75. The van der Waals surface area contributed by atoms with Crippen molar-refractivity contribution >= 4 is 28.5 Å². The summed E-state index contributed by atoms with van der Waals surface area (Å²) in [5.41, 5.74) is 1.61. The van der Waals surface area contributed by atoms with Gasteiger partial charge in [-0.15, -0.1) is 0 Å². The molecule has 0 aliphatic carbocycles. The quantitative estimate of drug-likeness (QED) is 0.285. The lowest BCUT2D eigenvalue weighted by Crippen LogP contribution is -2.13. The maximum atomic E-state index is 13.2. The van der Waals surface area contributed by atoms with Crippen molar-refractivity contribution in [3.8, 4) is 5.75 Å². The highest BCUT2D eigenvalue weighted by Crippen LogP contribution is 2.26. The summed E-state index contributed by atoms with van der Waals surface area (Å²) in [5.74, 6) is 5.41. The number of rotatable bonds is 4. The van der Waals surface area contributed by atoms with Crippen LogP contribution in [0.15, 0.2) is 58.3 Å². The predicted octanol–water partition coefficient (Wildman–Crippen LogP) is 2.31. The molecule has 2 heterocycles. The van der Waals surface area contributed by atoms with Gasteiger partial charge < -0.3 is 16.3 Å². The molecule has 4 aromatic rings. The van der Waals surface area contributed by atoms with E-state index in [-0.39, 0.29) is 40.1 Å². The molecule has 0 unspecified atom stereocenters. The fourth-order valence-electron chi connectivity index (χ4n) is 2.49. The van der Waals surface area contributed by atoms with Gasteiger partial charge in [-0.1, -0.05) is 12.1 Å². The molecule has 10 heteroatoms. The number of aromatic hydroxyl groups is 1. The number of hydrogen-bond acceptors (Lipinski definition) is 9. The highest BCUT2D eigenvalue weighted by Gasteiger charge is 2.21. The maximum absolute atomic E-state index is 13.2. The fourth-order valence-corrected chi connectivity index (χ4v) is 2.49. The van der Waals surface area contributed by atoms with Crippen molar-refractivity contribution in [2.24, 2.45) is 10.9 Å². The molecule has 0 radical (unpaired) electrons. The number of benzene rings is 2. The number of nitrogens with two attached hydrogens (primary N) is 1. The molecular formula is C17H12FN7O2. The van der Waals surface area contributed by atoms with Crippen molar-refractivity contribution < 1.29 is 14.1 Å². The predicted molar refractivity (Wildman–Crippen MR) is 95.0 cm³/mol. The monoisotopic (exact) mass is 365 g/mol. The number of aromatic nitrogens is 4. The molecule has 0 aliphatic heterocycles. The summed E-state index contributed by atoms with van der Waals surface area (Å²) in [6, 6.07) is 12.2. The van der Waals surface area contributed by atoms with E-state index in [2.05, 4.69) is 35.3 Å². The second kappa shape index (κ2) is 6.67. The molecule has 0 bridgehead atoms. The Kier molecular flexibility index (Phi) is 4.05. The van der Waals surface area contributed by atoms with E-state index in [9.17, 15) is 9.50 Å². The van der Waals surface area contributed by atoms with Crippen LogP contribution in [0.2, 0.25) is 0 Å². The molecule has 27 heavy (non-hydrogen) atoms. The standard InChI is InChI=1S/C17H12FN7O2/c18-9-5-7-10(8-6-9)20-15-14(21-16-17(22-15)25-27-24-16)13(23-19)11-3-1-2-4-12(11)26/h1-8,26H,19H2,(H,20,22,25). The molecular weight excluding hydrogens is 353 g/mol. The molecule has 0 saturated carbocycles. The normalized spacial score (nSPS) is 11.7. The first-order chi connectivity index (χ1) is 13.2. The van der Waals surface area contributed by atoms with Crippen LogP contribution in [0.1, 0.15) is 11.3 Å². The Morgan fingerprint density at radius 3 is 2.44 bits per heavy atom. The van der Waals surface area contributed by atoms with Crippen LogP contribution in [0.5, 0.6) is 5.75 Å². The summed E-state index contributed by atoms with van der Waals surface area (Å²) < 4.78 is 17.8. The van der Waals surface area contributed by atoms with Crippen LogP contribution in [-0.4, -0.2) is 31.1 Å². The van der Waals surface area contributed by atoms with Gasteiger partial charge in [0.05, 0.1) is 0 Å². The smallest absolute Gasteiger partial charge is 0.245 e. The third-order valence-corrected chi connectivity index (χ3v) is 3.73. The van der Waals surface area contributed by atoms with Gasteiger partial charge >= 0.3 is 0 Å². The molecule has 4 N–H and O–H groups in total. The summed E-state index contributed by atoms with van der Waals surface area (Å²) in [6.45, 7) is 0. The Labute approximate surface area is 151 Å². The number of halogens is 1. The van der Waals surface area contributed by atoms with Gasteiger partial charge in [-0.25, -0.2) is 19.0 Å². The molecule has 0 atom stereocenters.